The molecule has 2 rings (SSSR count). The fraction of sp³-hybridized carbons (Fsp3) is 0. The Labute approximate surface area is 120 Å². The predicted octanol–water partition coefficient (Wildman–Crippen LogP) is 3.90. The molecule has 1 aromatic carbocycles. The van der Waals surface area contributed by atoms with Gasteiger partial charge in [-0.1, -0.05) is 23.2 Å². The largest absolute Gasteiger partial charge is 0.454 e. The van der Waals surface area contributed by atoms with Gasteiger partial charge in [-0.05, 0) is 18.2 Å². The van der Waals surface area contributed by atoms with Crippen LogP contribution in [0.25, 0.3) is 0 Å². The minimum atomic E-state index is -2.25. The van der Waals surface area contributed by atoms with Gasteiger partial charge in [0, 0.05) is 12.1 Å². The summed E-state index contributed by atoms with van der Waals surface area (Å²) in [6, 6.07) is 6.16. The van der Waals surface area contributed by atoms with E-state index in [1.807, 2.05) is 0 Å². The fourth-order valence-corrected chi connectivity index (χ4v) is 2.13. The first-order chi connectivity index (χ1) is 8.95. The molecule has 0 fully saturated rings. The van der Waals surface area contributed by atoms with E-state index in [4.69, 9.17) is 32.5 Å². The standard InChI is InChI=1S/C11H6Cl2FNO3S/c12-10-3-6(4-11(13)15-10)18-9-2-1-7(19(16)17)5-8(9)14/h1-5H,(H,16,17). The van der Waals surface area contributed by atoms with E-state index in [2.05, 4.69) is 4.98 Å². The van der Waals surface area contributed by atoms with E-state index in [1.54, 1.807) is 0 Å². The van der Waals surface area contributed by atoms with Crippen molar-refractivity contribution in [3.63, 3.8) is 0 Å². The molecule has 0 saturated carbocycles. The highest BCUT2D eigenvalue weighted by Crippen LogP contribution is 2.28. The van der Waals surface area contributed by atoms with E-state index in [1.165, 1.54) is 24.3 Å². The summed E-state index contributed by atoms with van der Waals surface area (Å²) in [5.41, 5.74) is 0. The van der Waals surface area contributed by atoms with Gasteiger partial charge in [-0.25, -0.2) is 13.6 Å². The van der Waals surface area contributed by atoms with Gasteiger partial charge in [-0.3, -0.25) is 0 Å². The third-order valence-corrected chi connectivity index (χ3v) is 3.11. The second kappa shape index (κ2) is 5.83. The first-order valence-electron chi connectivity index (χ1n) is 4.87. The summed E-state index contributed by atoms with van der Waals surface area (Å²) in [6.07, 6.45) is 0. The highest BCUT2D eigenvalue weighted by Gasteiger charge is 2.10. The summed E-state index contributed by atoms with van der Waals surface area (Å²) in [4.78, 5) is 3.66. The number of halogens is 3. The normalized spacial score (nSPS) is 12.2. The van der Waals surface area contributed by atoms with Crippen LogP contribution in [-0.2, 0) is 11.1 Å². The average molecular weight is 322 g/mol. The molecule has 0 radical (unpaired) electrons. The van der Waals surface area contributed by atoms with Gasteiger partial charge >= 0.3 is 0 Å². The van der Waals surface area contributed by atoms with E-state index in [-0.39, 0.29) is 26.7 Å². The second-order valence-corrected chi connectivity index (χ2v) is 5.14. The van der Waals surface area contributed by atoms with E-state index >= 15 is 0 Å². The second-order valence-electron chi connectivity index (χ2n) is 3.39. The molecule has 100 valence electrons. The molecule has 1 N–H and O–H groups in total. The van der Waals surface area contributed by atoms with Gasteiger partial charge in [0.25, 0.3) is 0 Å². The van der Waals surface area contributed by atoms with E-state index in [0.29, 0.717) is 0 Å². The van der Waals surface area contributed by atoms with Crippen LogP contribution in [0.15, 0.2) is 35.2 Å². The lowest BCUT2D eigenvalue weighted by atomic mass is 10.3. The van der Waals surface area contributed by atoms with Crippen molar-refractivity contribution >= 4 is 34.3 Å². The third-order valence-electron chi connectivity index (χ3n) is 2.07. The molecule has 0 aliphatic rings. The van der Waals surface area contributed by atoms with Gasteiger partial charge in [0.2, 0.25) is 0 Å². The zero-order valence-electron chi connectivity index (χ0n) is 9.14. The molecule has 1 heterocycles. The zero-order valence-corrected chi connectivity index (χ0v) is 11.5. The smallest absolute Gasteiger partial charge is 0.186 e. The highest BCUT2D eigenvalue weighted by atomic mass is 35.5. The van der Waals surface area contributed by atoms with Gasteiger partial charge in [0.1, 0.15) is 16.1 Å². The Morgan fingerprint density at radius 2 is 1.84 bits per heavy atom. The van der Waals surface area contributed by atoms with Gasteiger partial charge in [-0.2, -0.15) is 0 Å². The molecule has 0 aliphatic carbocycles. The Bertz CT molecular complexity index is 634. The van der Waals surface area contributed by atoms with Gasteiger partial charge in [0.05, 0.1) is 4.90 Å². The summed E-state index contributed by atoms with van der Waals surface area (Å²) in [5.74, 6) is -0.682. The number of aromatic nitrogens is 1. The van der Waals surface area contributed by atoms with E-state index in [0.717, 1.165) is 6.07 Å². The molecule has 0 saturated heterocycles. The monoisotopic (exact) mass is 321 g/mol. The Hall–Kier alpha value is -1.21. The Balaban J connectivity index is 2.30. The summed E-state index contributed by atoms with van der Waals surface area (Å²) >= 11 is 9.11. The van der Waals surface area contributed by atoms with Crippen LogP contribution in [0.5, 0.6) is 11.5 Å². The van der Waals surface area contributed by atoms with Crippen molar-refractivity contribution in [2.75, 3.05) is 0 Å². The van der Waals surface area contributed by atoms with Crippen LogP contribution in [0.4, 0.5) is 4.39 Å². The lowest BCUT2D eigenvalue weighted by Gasteiger charge is -2.07. The molecule has 0 bridgehead atoms. The Morgan fingerprint density at radius 3 is 2.37 bits per heavy atom. The van der Waals surface area contributed by atoms with Crippen molar-refractivity contribution in [3.8, 4) is 11.5 Å². The quantitative estimate of drug-likeness (QED) is 0.688. The molecule has 8 heteroatoms. The molecule has 0 aliphatic heterocycles. The maximum Gasteiger partial charge on any atom is 0.186 e. The van der Waals surface area contributed by atoms with Crippen molar-refractivity contribution in [1.82, 2.24) is 4.98 Å². The van der Waals surface area contributed by atoms with Gasteiger partial charge in [-0.15, -0.1) is 0 Å². The number of ether oxygens (including phenoxy) is 1. The number of hydrogen-bond acceptors (Lipinski definition) is 3. The molecule has 19 heavy (non-hydrogen) atoms. The van der Waals surface area contributed by atoms with Gasteiger partial charge < -0.3 is 9.29 Å². The fourth-order valence-electron chi connectivity index (χ4n) is 1.30. The van der Waals surface area contributed by atoms with Crippen LogP contribution in [-0.4, -0.2) is 13.7 Å². The molecular formula is C11H6Cl2FNO3S. The Morgan fingerprint density at radius 1 is 1.21 bits per heavy atom. The molecule has 0 spiro atoms. The maximum atomic E-state index is 13.6. The van der Waals surface area contributed by atoms with E-state index < -0.39 is 16.9 Å². The van der Waals surface area contributed by atoms with Crippen molar-refractivity contribution in [2.24, 2.45) is 0 Å². The SMILES string of the molecule is O=S(O)c1ccc(Oc2cc(Cl)nc(Cl)c2)c(F)c1. The minimum Gasteiger partial charge on any atom is -0.454 e. The van der Waals surface area contributed by atoms with Gasteiger partial charge in [0.15, 0.2) is 22.6 Å². The zero-order chi connectivity index (χ0) is 14.0. The van der Waals surface area contributed by atoms with Crippen molar-refractivity contribution in [1.29, 1.82) is 0 Å². The first-order valence-corrected chi connectivity index (χ1v) is 6.73. The third kappa shape index (κ3) is 3.63. The summed E-state index contributed by atoms with van der Waals surface area (Å²) in [6.45, 7) is 0. The van der Waals surface area contributed by atoms with Crippen LogP contribution in [0.3, 0.4) is 0 Å². The van der Waals surface area contributed by atoms with Crippen LogP contribution >= 0.6 is 23.2 Å². The minimum absolute atomic E-state index is 0.0596. The molecular weight excluding hydrogens is 316 g/mol. The lowest BCUT2D eigenvalue weighted by molar-refractivity contribution is 0.440. The molecule has 1 aromatic heterocycles. The summed E-state index contributed by atoms with van der Waals surface area (Å²) in [5, 5.41) is 0.215. The summed E-state index contributed by atoms with van der Waals surface area (Å²) < 4.78 is 38.5. The molecule has 0 amide bonds. The molecule has 2 aromatic rings. The number of benzene rings is 1. The van der Waals surface area contributed by atoms with E-state index in [9.17, 15) is 8.60 Å². The summed E-state index contributed by atoms with van der Waals surface area (Å²) in [7, 11) is 0. The first kappa shape index (κ1) is 14.2. The van der Waals surface area contributed by atoms with Crippen LogP contribution in [0.1, 0.15) is 0 Å². The number of nitrogens with zero attached hydrogens (tertiary/aromatic N) is 1. The van der Waals surface area contributed by atoms with Crippen LogP contribution in [0.2, 0.25) is 10.3 Å². The average Bonchev–Trinajstić information content (AvgIpc) is 2.30. The van der Waals surface area contributed by atoms with Crippen molar-refractivity contribution in [2.45, 2.75) is 4.90 Å². The number of pyridine rings is 1. The number of rotatable bonds is 3. The Kier molecular flexibility index (Phi) is 4.36. The molecule has 4 nitrogen and oxygen atoms in total. The predicted molar refractivity (Wildman–Crippen MR) is 69.8 cm³/mol. The lowest BCUT2D eigenvalue weighted by Crippen LogP contribution is -1.93. The topological polar surface area (TPSA) is 59.4 Å². The molecule has 1 atom stereocenters. The van der Waals surface area contributed by atoms with Crippen molar-refractivity contribution in [3.05, 3.63) is 46.5 Å². The maximum absolute atomic E-state index is 13.6. The number of hydrogen-bond donors (Lipinski definition) is 1. The van der Waals surface area contributed by atoms with Crippen LogP contribution < -0.4 is 4.74 Å². The molecule has 1 unspecified atom stereocenters. The highest BCUT2D eigenvalue weighted by molar-refractivity contribution is 7.79. The van der Waals surface area contributed by atoms with Crippen molar-refractivity contribution < 1.29 is 17.9 Å². The van der Waals surface area contributed by atoms with Crippen LogP contribution in [0, 0.1) is 5.82 Å².